The van der Waals surface area contributed by atoms with Crippen molar-refractivity contribution in [2.75, 3.05) is 31.3 Å². The minimum Gasteiger partial charge on any atom is -0.493 e. The summed E-state index contributed by atoms with van der Waals surface area (Å²) in [7, 11) is -1.06. The van der Waals surface area contributed by atoms with Crippen molar-refractivity contribution >= 4 is 27.5 Å². The van der Waals surface area contributed by atoms with Crippen molar-refractivity contribution in [1.29, 1.82) is 0 Å². The lowest BCUT2D eigenvalue weighted by molar-refractivity contribution is -0.140. The Hall–Kier alpha value is -4.12. The minimum absolute atomic E-state index is 0.00317. The van der Waals surface area contributed by atoms with Gasteiger partial charge in [0.05, 0.1) is 26.2 Å². The lowest BCUT2D eigenvalue weighted by Crippen LogP contribution is -2.55. The number of amides is 2. The maximum atomic E-state index is 14.3. The number of sulfonamides is 1. The molecule has 0 radical (unpaired) electrons. The van der Waals surface area contributed by atoms with Crippen LogP contribution in [0.25, 0.3) is 0 Å². The summed E-state index contributed by atoms with van der Waals surface area (Å²) in [5.41, 5.74) is 1.64. The third-order valence-electron chi connectivity index (χ3n) is 7.82. The molecule has 3 aromatic carbocycles. The SMILES string of the molecule is COc1ccc(N(CC(=O)N(Cc2ccc(F)cc2)C(Cc2ccccc2)C(=O)NC2CCCCC2)S(C)(=O)=O)cc1OC. The molecule has 1 N–H and O–H groups in total. The Balaban J connectivity index is 1.73. The maximum absolute atomic E-state index is 14.3. The topological polar surface area (TPSA) is 105 Å². The highest BCUT2D eigenvalue weighted by Gasteiger charge is 2.34. The Morgan fingerprint density at radius 3 is 2.18 bits per heavy atom. The normalized spacial score (nSPS) is 14.4. The van der Waals surface area contributed by atoms with Crippen LogP contribution in [0.5, 0.6) is 11.5 Å². The molecule has 1 atom stereocenters. The fourth-order valence-corrected chi connectivity index (χ4v) is 6.32. The summed E-state index contributed by atoms with van der Waals surface area (Å²) >= 11 is 0. The maximum Gasteiger partial charge on any atom is 0.244 e. The van der Waals surface area contributed by atoms with E-state index in [4.69, 9.17) is 9.47 Å². The number of carbonyl (C=O) groups excluding carboxylic acids is 2. The van der Waals surface area contributed by atoms with Crippen molar-refractivity contribution in [3.8, 4) is 11.5 Å². The number of carbonyl (C=O) groups is 2. The molecule has 1 aliphatic carbocycles. The molecule has 1 saturated carbocycles. The van der Waals surface area contributed by atoms with Crippen LogP contribution in [0.1, 0.15) is 43.2 Å². The van der Waals surface area contributed by atoms with Crippen LogP contribution >= 0.6 is 0 Å². The van der Waals surface area contributed by atoms with Gasteiger partial charge < -0.3 is 19.7 Å². The number of nitrogens with zero attached hydrogens (tertiary/aromatic N) is 2. The standard InChI is InChI=1S/C33H40FN3O6S/c1-42-30-19-18-28(21-31(30)43-2)37(44(3,40)41)23-32(38)36(22-25-14-16-26(34)17-15-25)29(20-24-10-6-4-7-11-24)33(39)35-27-12-8-5-9-13-27/h4,6-7,10-11,14-19,21,27,29H,5,8-9,12-13,20,22-23H2,1-3H3,(H,35,39). The van der Waals surface area contributed by atoms with Gasteiger partial charge in [-0.05, 0) is 48.2 Å². The number of hydrogen-bond acceptors (Lipinski definition) is 6. The fraction of sp³-hybridized carbons (Fsp3) is 0.394. The third kappa shape index (κ3) is 8.72. The van der Waals surface area contributed by atoms with Gasteiger partial charge in [-0.2, -0.15) is 0 Å². The van der Waals surface area contributed by atoms with Gasteiger partial charge in [0, 0.05) is 25.1 Å². The number of rotatable bonds is 13. The first-order valence-electron chi connectivity index (χ1n) is 14.7. The molecule has 11 heteroatoms. The Morgan fingerprint density at radius 2 is 1.57 bits per heavy atom. The van der Waals surface area contributed by atoms with E-state index in [0.29, 0.717) is 17.1 Å². The molecule has 0 aromatic heterocycles. The van der Waals surface area contributed by atoms with Gasteiger partial charge in [-0.1, -0.05) is 61.7 Å². The van der Waals surface area contributed by atoms with E-state index in [0.717, 1.165) is 48.2 Å². The van der Waals surface area contributed by atoms with Gasteiger partial charge >= 0.3 is 0 Å². The molecule has 0 aliphatic heterocycles. The molecule has 3 aromatic rings. The van der Waals surface area contributed by atoms with Gasteiger partial charge in [-0.15, -0.1) is 0 Å². The van der Waals surface area contributed by atoms with Gasteiger partial charge in [-0.3, -0.25) is 13.9 Å². The zero-order valence-corrected chi connectivity index (χ0v) is 26.2. The summed E-state index contributed by atoms with van der Waals surface area (Å²) < 4.78 is 51.5. The largest absolute Gasteiger partial charge is 0.493 e. The minimum atomic E-state index is -3.96. The second-order valence-corrected chi connectivity index (χ2v) is 12.9. The van der Waals surface area contributed by atoms with E-state index < -0.39 is 34.3 Å². The average molecular weight is 626 g/mol. The summed E-state index contributed by atoms with van der Waals surface area (Å²) in [6.45, 7) is -0.601. The Labute approximate surface area is 259 Å². The molecule has 1 aliphatic rings. The summed E-state index contributed by atoms with van der Waals surface area (Å²) in [5, 5.41) is 3.16. The molecule has 0 spiro atoms. The molecular formula is C33H40FN3O6S. The number of hydrogen-bond donors (Lipinski definition) is 1. The van der Waals surface area contributed by atoms with Crippen LogP contribution in [0.4, 0.5) is 10.1 Å². The van der Waals surface area contributed by atoms with Crippen LogP contribution < -0.4 is 19.1 Å². The lowest BCUT2D eigenvalue weighted by atomic mass is 9.94. The van der Waals surface area contributed by atoms with E-state index in [1.165, 1.54) is 43.4 Å². The number of methoxy groups -OCH3 is 2. The molecule has 2 amide bonds. The van der Waals surface area contributed by atoms with Crippen LogP contribution in [-0.4, -0.2) is 64.2 Å². The van der Waals surface area contributed by atoms with E-state index >= 15 is 0 Å². The Morgan fingerprint density at radius 1 is 0.909 bits per heavy atom. The van der Waals surface area contributed by atoms with Crippen molar-refractivity contribution < 1.29 is 31.9 Å². The number of nitrogens with one attached hydrogen (secondary N) is 1. The number of halogens is 1. The van der Waals surface area contributed by atoms with Crippen LogP contribution in [0.15, 0.2) is 72.8 Å². The second-order valence-electron chi connectivity index (χ2n) is 11.0. The zero-order valence-electron chi connectivity index (χ0n) is 25.4. The third-order valence-corrected chi connectivity index (χ3v) is 8.96. The molecular weight excluding hydrogens is 585 g/mol. The monoisotopic (exact) mass is 625 g/mol. The summed E-state index contributed by atoms with van der Waals surface area (Å²) in [5.74, 6) is -0.638. The van der Waals surface area contributed by atoms with E-state index in [2.05, 4.69) is 5.32 Å². The second kappa shape index (κ2) is 15.1. The zero-order chi connectivity index (χ0) is 31.7. The first kappa shape index (κ1) is 32.8. The predicted octanol–water partition coefficient (Wildman–Crippen LogP) is 4.70. The van der Waals surface area contributed by atoms with Crippen LogP contribution in [-0.2, 0) is 32.6 Å². The predicted molar refractivity (Wildman–Crippen MR) is 168 cm³/mol. The van der Waals surface area contributed by atoms with Gasteiger partial charge in [-0.25, -0.2) is 12.8 Å². The molecule has 4 rings (SSSR count). The van der Waals surface area contributed by atoms with E-state index in [1.54, 1.807) is 18.2 Å². The van der Waals surface area contributed by atoms with Gasteiger partial charge in [0.15, 0.2) is 11.5 Å². The highest BCUT2D eigenvalue weighted by molar-refractivity contribution is 7.92. The van der Waals surface area contributed by atoms with Crippen molar-refractivity contribution in [3.05, 3.63) is 89.7 Å². The van der Waals surface area contributed by atoms with Crippen molar-refractivity contribution in [2.45, 2.75) is 57.2 Å². The molecule has 0 saturated heterocycles. The first-order valence-corrected chi connectivity index (χ1v) is 16.5. The molecule has 9 nitrogen and oxygen atoms in total. The van der Waals surface area contributed by atoms with Gasteiger partial charge in [0.25, 0.3) is 0 Å². The van der Waals surface area contributed by atoms with Crippen molar-refractivity contribution in [2.24, 2.45) is 0 Å². The van der Waals surface area contributed by atoms with Crippen LogP contribution in [0, 0.1) is 5.82 Å². The molecule has 1 fully saturated rings. The number of anilines is 1. The molecule has 1 unspecified atom stereocenters. The smallest absolute Gasteiger partial charge is 0.244 e. The Kier molecular flexibility index (Phi) is 11.2. The van der Waals surface area contributed by atoms with E-state index in [-0.39, 0.29) is 30.6 Å². The first-order chi connectivity index (χ1) is 21.1. The number of benzene rings is 3. The quantitative estimate of drug-likeness (QED) is 0.295. The molecule has 44 heavy (non-hydrogen) atoms. The molecule has 236 valence electrons. The average Bonchev–Trinajstić information content (AvgIpc) is 3.02. The fourth-order valence-electron chi connectivity index (χ4n) is 5.48. The van der Waals surface area contributed by atoms with E-state index in [1.807, 2.05) is 30.3 Å². The highest BCUT2D eigenvalue weighted by Crippen LogP contribution is 2.32. The summed E-state index contributed by atoms with van der Waals surface area (Å²) in [4.78, 5) is 29.6. The van der Waals surface area contributed by atoms with Gasteiger partial charge in [0.1, 0.15) is 18.4 Å². The van der Waals surface area contributed by atoms with Crippen LogP contribution in [0.2, 0.25) is 0 Å². The Bertz CT molecular complexity index is 1510. The number of ether oxygens (including phenoxy) is 2. The summed E-state index contributed by atoms with van der Waals surface area (Å²) in [6, 6.07) is 18.7. The highest BCUT2D eigenvalue weighted by atomic mass is 32.2. The van der Waals surface area contributed by atoms with Crippen molar-refractivity contribution in [3.63, 3.8) is 0 Å². The van der Waals surface area contributed by atoms with Crippen molar-refractivity contribution in [1.82, 2.24) is 10.2 Å². The van der Waals surface area contributed by atoms with E-state index in [9.17, 15) is 22.4 Å². The summed E-state index contributed by atoms with van der Waals surface area (Å²) in [6.07, 6.45) is 6.09. The molecule has 0 heterocycles. The lowest BCUT2D eigenvalue weighted by Gasteiger charge is -2.35. The molecule has 0 bridgehead atoms. The van der Waals surface area contributed by atoms with Gasteiger partial charge in [0.2, 0.25) is 21.8 Å². The van der Waals surface area contributed by atoms with Crippen LogP contribution in [0.3, 0.4) is 0 Å².